The Kier molecular flexibility index (Phi) is 4.49. The molecule has 16 heavy (non-hydrogen) atoms. The van der Waals surface area contributed by atoms with Gasteiger partial charge in [0.15, 0.2) is 9.84 Å². The highest BCUT2D eigenvalue weighted by Crippen LogP contribution is 2.13. The zero-order chi connectivity index (χ0) is 12.2. The van der Waals surface area contributed by atoms with E-state index >= 15 is 0 Å². The summed E-state index contributed by atoms with van der Waals surface area (Å²) < 4.78 is 21.8. The van der Waals surface area contributed by atoms with E-state index in [0.29, 0.717) is 11.0 Å². The number of amides is 1. The summed E-state index contributed by atoms with van der Waals surface area (Å²) in [6, 6.07) is 7.20. The van der Waals surface area contributed by atoms with Crippen molar-refractivity contribution in [3.63, 3.8) is 0 Å². The first-order valence-corrected chi connectivity index (χ1v) is 7.71. The predicted molar refractivity (Wildman–Crippen MR) is 67.4 cm³/mol. The second-order valence-electron chi connectivity index (χ2n) is 3.45. The second-order valence-corrected chi connectivity index (χ2v) is 6.15. The van der Waals surface area contributed by atoms with Crippen molar-refractivity contribution >= 4 is 37.4 Å². The summed E-state index contributed by atoms with van der Waals surface area (Å²) in [7, 11) is -3.28. The van der Waals surface area contributed by atoms with Gasteiger partial charge in [0, 0.05) is 17.3 Å². The van der Waals surface area contributed by atoms with Crippen LogP contribution in [0.25, 0.3) is 0 Å². The normalized spacial score (nSPS) is 11.1. The van der Waals surface area contributed by atoms with Crippen molar-refractivity contribution in [1.82, 2.24) is 0 Å². The van der Waals surface area contributed by atoms with Gasteiger partial charge in [-0.2, -0.15) is 0 Å². The van der Waals surface area contributed by atoms with Crippen molar-refractivity contribution in [1.29, 1.82) is 0 Å². The molecule has 0 radical (unpaired) electrons. The molecule has 0 saturated heterocycles. The van der Waals surface area contributed by atoms with Crippen LogP contribution in [-0.2, 0) is 20.0 Å². The Morgan fingerprint density at radius 1 is 1.44 bits per heavy atom. The van der Waals surface area contributed by atoms with Gasteiger partial charge in [0.05, 0.1) is 0 Å². The Bertz CT molecular complexity index is 485. The minimum Gasteiger partial charge on any atom is -0.325 e. The summed E-state index contributed by atoms with van der Waals surface area (Å²) in [6.45, 7) is 0. The Balaban J connectivity index is 2.70. The topological polar surface area (TPSA) is 63.2 Å². The maximum atomic E-state index is 11.3. The van der Waals surface area contributed by atoms with E-state index in [4.69, 9.17) is 0 Å². The van der Waals surface area contributed by atoms with E-state index in [1.54, 1.807) is 18.2 Å². The van der Waals surface area contributed by atoms with Crippen LogP contribution in [0.15, 0.2) is 24.3 Å². The van der Waals surface area contributed by atoms with Gasteiger partial charge in [-0.3, -0.25) is 4.79 Å². The highest BCUT2D eigenvalue weighted by molar-refractivity contribution is 9.08. The zero-order valence-electron chi connectivity index (χ0n) is 8.73. The first kappa shape index (κ1) is 13.2. The van der Waals surface area contributed by atoms with Gasteiger partial charge in [0.25, 0.3) is 0 Å². The molecule has 1 aromatic rings. The largest absolute Gasteiger partial charge is 0.325 e. The van der Waals surface area contributed by atoms with Crippen molar-refractivity contribution < 1.29 is 13.2 Å². The lowest BCUT2D eigenvalue weighted by atomic mass is 10.2. The van der Waals surface area contributed by atoms with E-state index in [0.717, 1.165) is 11.8 Å². The number of carbonyl (C=O) groups excluding carboxylic acids is 1. The van der Waals surface area contributed by atoms with Crippen molar-refractivity contribution in [3.8, 4) is 0 Å². The van der Waals surface area contributed by atoms with Crippen molar-refractivity contribution in [2.75, 3.05) is 17.3 Å². The Hall–Kier alpha value is -0.880. The molecule has 4 nitrogen and oxygen atoms in total. The number of alkyl halides is 1. The lowest BCUT2D eigenvalue weighted by Gasteiger charge is -2.05. The zero-order valence-corrected chi connectivity index (χ0v) is 11.1. The van der Waals surface area contributed by atoms with Crippen LogP contribution in [0.1, 0.15) is 5.56 Å². The van der Waals surface area contributed by atoms with Gasteiger partial charge >= 0.3 is 0 Å². The van der Waals surface area contributed by atoms with Crippen LogP contribution in [0.5, 0.6) is 0 Å². The first-order chi connectivity index (χ1) is 7.40. The molecule has 1 N–H and O–H groups in total. The molecule has 0 spiro atoms. The molecule has 0 atom stereocenters. The maximum absolute atomic E-state index is 11.3. The van der Waals surface area contributed by atoms with E-state index in [1.165, 1.54) is 0 Å². The molecule has 0 aliphatic rings. The summed E-state index contributed by atoms with van der Waals surface area (Å²) in [6.07, 6.45) is 1.03. The van der Waals surface area contributed by atoms with E-state index in [-0.39, 0.29) is 0 Å². The highest BCUT2D eigenvalue weighted by Gasteiger charge is 2.10. The third kappa shape index (κ3) is 4.76. The molecule has 88 valence electrons. The van der Waals surface area contributed by atoms with Gasteiger partial charge in [-0.25, -0.2) is 8.42 Å². The number of carbonyl (C=O) groups is 1. The van der Waals surface area contributed by atoms with Crippen LogP contribution < -0.4 is 5.32 Å². The average Bonchev–Trinajstić information content (AvgIpc) is 2.15. The molecule has 0 aliphatic carbocycles. The standard InChI is InChI=1S/C10H12BrNO3S/c1-16(14,15)7-10(13)12-9-4-2-3-8(5-9)6-11/h2-5H,6-7H2,1H3,(H,12,13). The molecule has 0 fully saturated rings. The molecule has 1 aromatic carbocycles. The monoisotopic (exact) mass is 305 g/mol. The fourth-order valence-corrected chi connectivity index (χ4v) is 2.06. The molecule has 0 bridgehead atoms. The minimum absolute atomic E-state index is 0.495. The molecule has 0 aliphatic heterocycles. The number of hydrogen-bond acceptors (Lipinski definition) is 3. The molecular weight excluding hydrogens is 294 g/mol. The number of anilines is 1. The number of benzene rings is 1. The third-order valence-corrected chi connectivity index (χ3v) is 3.19. The fourth-order valence-electron chi connectivity index (χ4n) is 1.17. The van der Waals surface area contributed by atoms with Gasteiger partial charge in [-0.1, -0.05) is 28.1 Å². The van der Waals surface area contributed by atoms with Gasteiger partial charge in [-0.05, 0) is 17.7 Å². The van der Waals surface area contributed by atoms with E-state index in [1.807, 2.05) is 6.07 Å². The van der Waals surface area contributed by atoms with Gasteiger partial charge in [0.1, 0.15) is 5.75 Å². The number of sulfone groups is 1. The van der Waals surface area contributed by atoms with E-state index in [2.05, 4.69) is 21.2 Å². The van der Waals surface area contributed by atoms with E-state index < -0.39 is 21.5 Å². The lowest BCUT2D eigenvalue weighted by molar-refractivity contribution is -0.113. The second kappa shape index (κ2) is 5.45. The van der Waals surface area contributed by atoms with Crippen molar-refractivity contribution in [2.45, 2.75) is 5.33 Å². The molecule has 0 saturated carbocycles. The predicted octanol–water partition coefficient (Wildman–Crippen LogP) is 1.56. The van der Waals surface area contributed by atoms with Crippen LogP contribution >= 0.6 is 15.9 Å². The Morgan fingerprint density at radius 2 is 2.12 bits per heavy atom. The van der Waals surface area contributed by atoms with Crippen molar-refractivity contribution in [3.05, 3.63) is 29.8 Å². The van der Waals surface area contributed by atoms with Gasteiger partial charge < -0.3 is 5.32 Å². The van der Waals surface area contributed by atoms with Crippen molar-refractivity contribution in [2.24, 2.45) is 0 Å². The molecule has 0 aromatic heterocycles. The first-order valence-electron chi connectivity index (χ1n) is 4.53. The SMILES string of the molecule is CS(=O)(=O)CC(=O)Nc1cccc(CBr)c1. The molecular formula is C10H12BrNO3S. The third-order valence-electron chi connectivity index (χ3n) is 1.76. The van der Waals surface area contributed by atoms with Crippen LogP contribution in [0, 0.1) is 0 Å². The summed E-state index contributed by atoms with van der Waals surface area (Å²) in [5, 5.41) is 3.22. The molecule has 1 rings (SSSR count). The molecule has 1 amide bonds. The van der Waals surface area contributed by atoms with Crippen LogP contribution in [-0.4, -0.2) is 26.3 Å². The smallest absolute Gasteiger partial charge is 0.239 e. The summed E-state index contributed by atoms with van der Waals surface area (Å²) in [4.78, 5) is 11.3. The molecule has 0 unspecified atom stereocenters. The van der Waals surface area contributed by atoms with Gasteiger partial charge in [-0.15, -0.1) is 0 Å². The van der Waals surface area contributed by atoms with Crippen LogP contribution in [0.4, 0.5) is 5.69 Å². The number of nitrogens with one attached hydrogen (secondary N) is 1. The lowest BCUT2D eigenvalue weighted by Crippen LogP contribution is -2.21. The van der Waals surface area contributed by atoms with E-state index in [9.17, 15) is 13.2 Å². The summed E-state index contributed by atoms with van der Waals surface area (Å²) in [5.41, 5.74) is 1.61. The minimum atomic E-state index is -3.28. The highest BCUT2D eigenvalue weighted by atomic mass is 79.9. The number of rotatable bonds is 4. The number of hydrogen-bond donors (Lipinski definition) is 1. The average molecular weight is 306 g/mol. The maximum Gasteiger partial charge on any atom is 0.239 e. The quantitative estimate of drug-likeness (QED) is 0.859. The fraction of sp³-hybridized carbons (Fsp3) is 0.300. The number of halogens is 1. The van der Waals surface area contributed by atoms with Crippen LogP contribution in [0.3, 0.4) is 0 Å². The summed E-state index contributed by atoms with van der Waals surface area (Å²) >= 11 is 3.30. The van der Waals surface area contributed by atoms with Crippen LogP contribution in [0.2, 0.25) is 0 Å². The molecule has 0 heterocycles. The Morgan fingerprint density at radius 3 is 2.69 bits per heavy atom. The summed E-state index contributed by atoms with van der Waals surface area (Å²) in [5.74, 6) is -1.01. The Labute approximate surface area is 103 Å². The molecule has 6 heteroatoms. The van der Waals surface area contributed by atoms with Gasteiger partial charge in [0.2, 0.25) is 5.91 Å².